The maximum atomic E-state index is 13.3. The molecule has 0 radical (unpaired) electrons. The van der Waals surface area contributed by atoms with Crippen molar-refractivity contribution < 1.29 is 23.9 Å². The van der Waals surface area contributed by atoms with Crippen LogP contribution in [0.2, 0.25) is 5.02 Å². The van der Waals surface area contributed by atoms with Gasteiger partial charge in [0.1, 0.15) is 11.9 Å². The van der Waals surface area contributed by atoms with Gasteiger partial charge in [-0.1, -0.05) is 39.7 Å². The molecule has 2 aromatic carbocycles. The van der Waals surface area contributed by atoms with E-state index in [2.05, 4.69) is 26.6 Å². The van der Waals surface area contributed by atoms with Crippen molar-refractivity contribution in [3.05, 3.63) is 53.1 Å². The average molecular weight is 520 g/mol. The quantitative estimate of drug-likeness (QED) is 0.458. The summed E-state index contributed by atoms with van der Waals surface area (Å²) in [6.07, 6.45) is 0.637. The van der Waals surface area contributed by atoms with E-state index in [0.717, 1.165) is 6.42 Å². The third kappa shape index (κ3) is 3.36. The number of fused-ring (bicyclic) bond motifs is 1. The molecule has 3 fully saturated rings. The summed E-state index contributed by atoms with van der Waals surface area (Å²) in [5, 5.41) is 6.12. The maximum Gasteiger partial charge on any atom is 0.310 e. The Bertz CT molecular complexity index is 1130. The van der Waals surface area contributed by atoms with Crippen molar-refractivity contribution in [2.24, 2.45) is 23.7 Å². The zero-order valence-corrected chi connectivity index (χ0v) is 19.4. The molecule has 0 spiro atoms. The number of rotatable bonds is 5. The number of halogens is 2. The molecule has 166 valence electrons. The van der Waals surface area contributed by atoms with Crippen LogP contribution in [-0.2, 0) is 14.3 Å². The number of ether oxygens (including phenoxy) is 2. The highest BCUT2D eigenvalue weighted by molar-refractivity contribution is 9.09. The van der Waals surface area contributed by atoms with E-state index in [1.54, 1.807) is 42.5 Å². The third-order valence-electron chi connectivity index (χ3n) is 6.67. The van der Waals surface area contributed by atoms with Gasteiger partial charge in [-0.2, -0.15) is 0 Å². The average Bonchev–Trinajstić information content (AvgIpc) is 3.38. The summed E-state index contributed by atoms with van der Waals surface area (Å²) in [7, 11) is 1.50. The van der Waals surface area contributed by atoms with Gasteiger partial charge in [0, 0.05) is 10.9 Å². The molecule has 2 bridgehead atoms. The molecule has 2 aromatic rings. The lowest BCUT2D eigenvalue weighted by atomic mass is 9.79. The summed E-state index contributed by atoms with van der Waals surface area (Å²) in [6.45, 7) is 0. The second kappa shape index (κ2) is 8.08. The second-order valence-corrected chi connectivity index (χ2v) is 9.79. The number of benzene rings is 2. The minimum Gasteiger partial charge on any atom is -0.495 e. The topological polar surface area (TPSA) is 93.7 Å². The summed E-state index contributed by atoms with van der Waals surface area (Å²) in [5.74, 6) is -1.35. The SMILES string of the molecule is COc1ccc(Cl)cc1NC(=O)c1ccccc1NC(=O)[C@@H]1[C@H]2C[C@H]3[C@H](OC(=O)[C@H]31)[C@@H]2Br. The molecule has 1 saturated heterocycles. The monoisotopic (exact) mass is 518 g/mol. The van der Waals surface area contributed by atoms with Crippen molar-refractivity contribution >= 4 is 56.7 Å². The number of anilines is 2. The standard InChI is InChI=1S/C23H20BrClN2O5/c1-31-16-7-6-10(25)8-15(16)27-21(28)11-4-2-3-5-14(11)26-22(29)17-12-9-13-18(17)23(30)32-20(13)19(12)24/h2-8,12-13,17-20H,9H2,1H3,(H,26,29)(H,27,28)/t12-,13-,17-,18-,19-,20+/m1/s1. The third-order valence-corrected chi connectivity index (χ3v) is 8.10. The van der Waals surface area contributed by atoms with Crippen LogP contribution in [0, 0.1) is 23.7 Å². The van der Waals surface area contributed by atoms with Crippen LogP contribution in [0.3, 0.4) is 0 Å². The Morgan fingerprint density at radius 3 is 2.69 bits per heavy atom. The lowest BCUT2D eigenvalue weighted by molar-refractivity contribution is -0.145. The van der Waals surface area contributed by atoms with Crippen LogP contribution in [-0.4, -0.2) is 35.8 Å². The van der Waals surface area contributed by atoms with Crippen molar-refractivity contribution in [2.45, 2.75) is 17.4 Å². The van der Waals surface area contributed by atoms with E-state index in [-0.39, 0.29) is 40.2 Å². The zero-order valence-electron chi connectivity index (χ0n) is 17.0. The van der Waals surface area contributed by atoms with Crippen LogP contribution in [0.5, 0.6) is 5.75 Å². The van der Waals surface area contributed by atoms with Gasteiger partial charge >= 0.3 is 5.97 Å². The summed E-state index contributed by atoms with van der Waals surface area (Å²) >= 11 is 9.68. The molecule has 2 saturated carbocycles. The Hall–Kier alpha value is -2.58. The predicted molar refractivity (Wildman–Crippen MR) is 122 cm³/mol. The summed E-state index contributed by atoms with van der Waals surface area (Å²) in [5.41, 5.74) is 1.07. The Morgan fingerprint density at radius 2 is 1.91 bits per heavy atom. The molecule has 7 nitrogen and oxygen atoms in total. The number of methoxy groups -OCH3 is 1. The fourth-order valence-electron chi connectivity index (χ4n) is 5.30. The Labute approximate surface area is 197 Å². The van der Waals surface area contributed by atoms with Gasteiger partial charge in [0.25, 0.3) is 5.91 Å². The summed E-state index contributed by atoms with van der Waals surface area (Å²) in [6, 6.07) is 11.6. The number of alkyl halides is 1. The van der Waals surface area contributed by atoms with Crippen LogP contribution in [0.4, 0.5) is 11.4 Å². The maximum absolute atomic E-state index is 13.3. The smallest absolute Gasteiger partial charge is 0.310 e. The number of nitrogens with one attached hydrogen (secondary N) is 2. The van der Waals surface area contributed by atoms with Gasteiger partial charge in [0.2, 0.25) is 5.91 Å². The molecule has 0 unspecified atom stereocenters. The molecule has 3 aliphatic rings. The van der Waals surface area contributed by atoms with Crippen LogP contribution in [0.1, 0.15) is 16.8 Å². The Morgan fingerprint density at radius 1 is 1.12 bits per heavy atom. The molecule has 2 N–H and O–H groups in total. The lowest BCUT2D eigenvalue weighted by Gasteiger charge is -2.27. The van der Waals surface area contributed by atoms with Gasteiger partial charge < -0.3 is 20.1 Å². The minimum absolute atomic E-state index is 0.0261. The van der Waals surface area contributed by atoms with Crippen molar-refractivity contribution in [3.8, 4) is 5.75 Å². The predicted octanol–water partition coefficient (Wildman–Crippen LogP) is 4.11. The van der Waals surface area contributed by atoms with Gasteiger partial charge in [0.05, 0.1) is 40.7 Å². The second-order valence-electron chi connectivity index (χ2n) is 8.29. The molecular formula is C23H20BrClN2O5. The van der Waals surface area contributed by atoms with E-state index in [0.29, 0.717) is 22.1 Å². The van der Waals surface area contributed by atoms with Crippen LogP contribution in [0.25, 0.3) is 0 Å². The van der Waals surface area contributed by atoms with Gasteiger partial charge in [-0.15, -0.1) is 0 Å². The first kappa shape index (κ1) is 21.3. The Kier molecular flexibility index (Phi) is 5.37. The van der Waals surface area contributed by atoms with Gasteiger partial charge in [-0.05, 0) is 42.7 Å². The molecular weight excluding hydrogens is 500 g/mol. The Balaban J connectivity index is 1.38. The van der Waals surface area contributed by atoms with E-state index in [9.17, 15) is 14.4 Å². The number of para-hydroxylation sites is 1. The molecule has 6 atom stereocenters. The van der Waals surface area contributed by atoms with Crippen LogP contribution in [0.15, 0.2) is 42.5 Å². The van der Waals surface area contributed by atoms with Crippen molar-refractivity contribution in [1.29, 1.82) is 0 Å². The van der Waals surface area contributed by atoms with Gasteiger partial charge in [-0.25, -0.2) is 0 Å². The van der Waals surface area contributed by atoms with Crippen molar-refractivity contribution in [2.75, 3.05) is 17.7 Å². The summed E-state index contributed by atoms with van der Waals surface area (Å²) < 4.78 is 10.8. The van der Waals surface area contributed by atoms with Crippen molar-refractivity contribution in [3.63, 3.8) is 0 Å². The highest BCUT2D eigenvalue weighted by atomic mass is 79.9. The molecule has 32 heavy (non-hydrogen) atoms. The first-order valence-corrected chi connectivity index (χ1v) is 11.6. The number of amides is 2. The number of hydrogen-bond donors (Lipinski definition) is 2. The normalized spacial score (nSPS) is 29.5. The number of hydrogen-bond acceptors (Lipinski definition) is 5. The fraction of sp³-hybridized carbons (Fsp3) is 0.348. The highest BCUT2D eigenvalue weighted by Crippen LogP contribution is 2.60. The molecule has 0 aromatic heterocycles. The number of carbonyl (C=O) groups is 3. The van der Waals surface area contributed by atoms with E-state index < -0.39 is 17.7 Å². The molecule has 1 heterocycles. The van der Waals surface area contributed by atoms with Crippen molar-refractivity contribution in [1.82, 2.24) is 0 Å². The number of carbonyl (C=O) groups excluding carboxylic acids is 3. The molecule has 2 aliphatic carbocycles. The molecule has 2 amide bonds. The molecule has 9 heteroatoms. The van der Waals surface area contributed by atoms with E-state index in [1.165, 1.54) is 7.11 Å². The van der Waals surface area contributed by atoms with E-state index in [1.807, 2.05) is 0 Å². The first-order valence-electron chi connectivity index (χ1n) is 10.3. The van der Waals surface area contributed by atoms with E-state index in [4.69, 9.17) is 21.1 Å². The first-order chi connectivity index (χ1) is 15.4. The van der Waals surface area contributed by atoms with Gasteiger partial charge in [-0.3, -0.25) is 14.4 Å². The lowest BCUT2D eigenvalue weighted by Crippen LogP contribution is -2.40. The number of esters is 1. The fourth-order valence-corrected chi connectivity index (χ4v) is 6.52. The van der Waals surface area contributed by atoms with Crippen LogP contribution < -0.4 is 15.4 Å². The summed E-state index contributed by atoms with van der Waals surface area (Å²) in [4.78, 5) is 38.6. The zero-order chi connectivity index (χ0) is 22.6. The molecule has 1 aliphatic heterocycles. The largest absolute Gasteiger partial charge is 0.495 e. The van der Waals surface area contributed by atoms with Gasteiger partial charge in [0.15, 0.2) is 0 Å². The van der Waals surface area contributed by atoms with Crippen LogP contribution >= 0.6 is 27.5 Å². The minimum atomic E-state index is -0.486. The molecule has 5 rings (SSSR count). The van der Waals surface area contributed by atoms with E-state index >= 15 is 0 Å². The highest BCUT2D eigenvalue weighted by Gasteiger charge is 2.67.